The zero-order chi connectivity index (χ0) is 34.7. The molecule has 2 aromatic carbocycles. The van der Waals surface area contributed by atoms with E-state index in [-0.39, 0.29) is 41.3 Å². The Morgan fingerprint density at radius 1 is 1.15 bits per heavy atom. The molecule has 0 spiro atoms. The van der Waals surface area contributed by atoms with Gasteiger partial charge in [0.25, 0.3) is 0 Å². The number of rotatable bonds is 10. The number of fused-ring (bicyclic) bond motifs is 1. The lowest BCUT2D eigenvalue weighted by atomic mass is 10.0. The second kappa shape index (κ2) is 14.0. The summed E-state index contributed by atoms with van der Waals surface area (Å²) in [5, 5.41) is 14.7. The number of carbonyl (C=O) groups is 3. The number of hydrogen-bond acceptors (Lipinski definition) is 7. The number of hydrogen-bond donors (Lipinski definition) is 3. The highest BCUT2D eigenvalue weighted by atomic mass is 19.1. The van der Waals surface area contributed by atoms with Gasteiger partial charge in [0.15, 0.2) is 11.6 Å². The number of carboxylic acids is 1. The van der Waals surface area contributed by atoms with Crippen LogP contribution < -0.4 is 25.7 Å². The van der Waals surface area contributed by atoms with Crippen LogP contribution in [0.15, 0.2) is 58.8 Å². The summed E-state index contributed by atoms with van der Waals surface area (Å²) in [6, 6.07) is 8.99. The summed E-state index contributed by atoms with van der Waals surface area (Å²) in [7, 11) is 1.35. The molecule has 0 radical (unpaired) electrons. The topological polar surface area (TPSA) is 139 Å². The number of amides is 2. The number of pyridine rings is 1. The van der Waals surface area contributed by atoms with E-state index in [1.807, 2.05) is 30.3 Å². The maximum atomic E-state index is 15.8. The van der Waals surface area contributed by atoms with Gasteiger partial charge >= 0.3 is 12.1 Å². The van der Waals surface area contributed by atoms with E-state index in [9.17, 15) is 24.3 Å². The predicted molar refractivity (Wildman–Crippen MR) is 176 cm³/mol. The highest BCUT2D eigenvalue weighted by Crippen LogP contribution is 2.44. The Morgan fingerprint density at radius 3 is 2.48 bits per heavy atom. The van der Waals surface area contributed by atoms with Gasteiger partial charge in [0, 0.05) is 31.7 Å². The molecule has 2 heterocycles. The van der Waals surface area contributed by atoms with Crippen molar-refractivity contribution in [3.05, 3.63) is 81.2 Å². The normalized spacial score (nSPS) is 16.7. The van der Waals surface area contributed by atoms with Crippen LogP contribution in [0.25, 0.3) is 10.9 Å². The number of alkyl carbamates (subject to hydrolysis) is 1. The molecule has 1 aliphatic heterocycles. The van der Waals surface area contributed by atoms with Crippen molar-refractivity contribution in [1.82, 2.24) is 15.2 Å². The van der Waals surface area contributed by atoms with Crippen molar-refractivity contribution in [2.75, 3.05) is 31.6 Å². The van der Waals surface area contributed by atoms with Crippen molar-refractivity contribution in [1.29, 1.82) is 0 Å². The van der Waals surface area contributed by atoms with Crippen LogP contribution in [0.4, 0.5) is 19.3 Å². The fourth-order valence-electron chi connectivity index (χ4n) is 5.93. The third-order valence-electron chi connectivity index (χ3n) is 8.27. The van der Waals surface area contributed by atoms with E-state index in [2.05, 4.69) is 10.6 Å². The maximum Gasteiger partial charge on any atom is 0.408 e. The SMILES string of the molecule is COc1c(N2CCCC(=C(F)CNC(=O)[C@H](Cc3ccccc3)NC(=O)OC(C)(C)C)C2)c(F)cc2c(=O)c(C(=O)O)cn(C3CC3)c12. The summed E-state index contributed by atoms with van der Waals surface area (Å²) in [5.74, 6) is -3.33. The Balaban J connectivity index is 1.38. The predicted octanol–water partition coefficient (Wildman–Crippen LogP) is 5.26. The van der Waals surface area contributed by atoms with Crippen LogP contribution in [0.3, 0.4) is 0 Å². The number of benzene rings is 2. The molecule has 48 heavy (non-hydrogen) atoms. The molecule has 2 amide bonds. The fourth-order valence-corrected chi connectivity index (χ4v) is 5.93. The largest absolute Gasteiger partial charge is 0.492 e. The molecule has 1 saturated carbocycles. The van der Waals surface area contributed by atoms with Gasteiger partial charge in [0.05, 0.1) is 24.6 Å². The number of piperidine rings is 1. The van der Waals surface area contributed by atoms with Crippen molar-refractivity contribution in [3.8, 4) is 5.75 Å². The molecule has 1 aromatic heterocycles. The monoisotopic (exact) mass is 666 g/mol. The van der Waals surface area contributed by atoms with Gasteiger partial charge in [-0.1, -0.05) is 30.3 Å². The number of carbonyl (C=O) groups excluding carboxylic acids is 2. The molecule has 256 valence electrons. The first-order chi connectivity index (χ1) is 22.8. The molecule has 0 bridgehead atoms. The Morgan fingerprint density at radius 2 is 1.85 bits per heavy atom. The Hall–Kier alpha value is -4.94. The van der Waals surface area contributed by atoms with E-state index in [1.165, 1.54) is 13.3 Å². The van der Waals surface area contributed by atoms with Crippen molar-refractivity contribution in [2.45, 2.75) is 70.6 Å². The molecule has 11 nitrogen and oxygen atoms in total. The number of halogens is 2. The van der Waals surface area contributed by atoms with Crippen molar-refractivity contribution >= 4 is 34.6 Å². The van der Waals surface area contributed by atoms with Crippen molar-refractivity contribution in [2.24, 2.45) is 0 Å². The lowest BCUT2D eigenvalue weighted by Gasteiger charge is -2.33. The summed E-state index contributed by atoms with van der Waals surface area (Å²) in [4.78, 5) is 52.2. The number of methoxy groups -OCH3 is 1. The Bertz CT molecular complexity index is 1810. The number of ether oxygens (including phenoxy) is 2. The third-order valence-corrected chi connectivity index (χ3v) is 8.27. The number of nitrogens with one attached hydrogen (secondary N) is 2. The number of aromatic carboxylic acids is 1. The van der Waals surface area contributed by atoms with Crippen LogP contribution in [0, 0.1) is 5.82 Å². The lowest BCUT2D eigenvalue weighted by molar-refractivity contribution is -0.123. The molecular formula is C35H40F2N4O7. The van der Waals surface area contributed by atoms with Crippen molar-refractivity contribution in [3.63, 3.8) is 0 Å². The van der Waals surface area contributed by atoms with E-state index >= 15 is 8.78 Å². The molecule has 1 saturated heterocycles. The first kappa shape index (κ1) is 34.4. The standard InChI is InChI=1S/C35H40F2N4O7/c1-35(2,3)48-34(46)39-27(15-20-9-6-5-7-10-20)32(43)38-17-26(37)21-11-8-14-40(18-21)29-25(36)16-23-28(31(29)47-4)41(22-12-13-22)19-24(30(23)42)33(44)45/h5-7,9-10,16,19,22,27H,8,11-15,17-18H2,1-4H3,(H,38,43)(H,39,46)(H,44,45)/t27-/m0/s1. The molecular weight excluding hydrogens is 626 g/mol. The van der Waals surface area contributed by atoms with E-state index in [0.29, 0.717) is 25.0 Å². The molecule has 0 unspecified atom stereocenters. The van der Waals surface area contributed by atoms with Gasteiger partial charge < -0.3 is 34.7 Å². The minimum Gasteiger partial charge on any atom is -0.492 e. The van der Waals surface area contributed by atoms with Crippen LogP contribution in [0.5, 0.6) is 5.75 Å². The number of nitrogens with zero attached hydrogens (tertiary/aromatic N) is 2. The smallest absolute Gasteiger partial charge is 0.408 e. The minimum atomic E-state index is -1.40. The summed E-state index contributed by atoms with van der Waals surface area (Å²) >= 11 is 0. The molecule has 13 heteroatoms. The first-order valence-corrected chi connectivity index (χ1v) is 15.9. The van der Waals surface area contributed by atoms with Gasteiger partial charge in [-0.15, -0.1) is 0 Å². The maximum absolute atomic E-state index is 15.8. The molecule has 2 aliphatic rings. The van der Waals surface area contributed by atoms with Crippen LogP contribution in [0.2, 0.25) is 0 Å². The minimum absolute atomic E-state index is 0.00897. The second-order valence-electron chi connectivity index (χ2n) is 13.1. The van der Waals surface area contributed by atoms with Crippen molar-refractivity contribution < 1.29 is 37.7 Å². The zero-order valence-corrected chi connectivity index (χ0v) is 27.4. The quantitative estimate of drug-likeness (QED) is 0.267. The molecule has 3 aromatic rings. The summed E-state index contributed by atoms with van der Waals surface area (Å²) < 4.78 is 44.2. The first-order valence-electron chi connectivity index (χ1n) is 15.9. The molecule has 2 fully saturated rings. The highest BCUT2D eigenvalue weighted by Gasteiger charge is 2.32. The van der Waals surface area contributed by atoms with Crippen LogP contribution >= 0.6 is 0 Å². The van der Waals surface area contributed by atoms with Gasteiger partial charge in [-0.3, -0.25) is 9.59 Å². The number of aromatic nitrogens is 1. The average Bonchev–Trinajstić information content (AvgIpc) is 3.88. The van der Waals surface area contributed by atoms with E-state index in [4.69, 9.17) is 9.47 Å². The average molecular weight is 667 g/mol. The Kier molecular flexibility index (Phi) is 10.1. The van der Waals surface area contributed by atoms with Gasteiger partial charge in [-0.2, -0.15) is 0 Å². The number of anilines is 1. The Labute approximate surface area is 276 Å². The van der Waals surface area contributed by atoms with Gasteiger partial charge in [0.1, 0.15) is 28.7 Å². The van der Waals surface area contributed by atoms with Crippen LogP contribution in [0.1, 0.15) is 68.4 Å². The molecule has 3 N–H and O–H groups in total. The molecule has 5 rings (SSSR count). The third kappa shape index (κ3) is 7.77. The van der Waals surface area contributed by atoms with Gasteiger partial charge in [-0.05, 0) is 63.7 Å². The van der Waals surface area contributed by atoms with Gasteiger partial charge in [0.2, 0.25) is 11.3 Å². The molecule has 1 atom stereocenters. The fraction of sp³-hybridized carbons (Fsp3) is 0.429. The number of carboxylic acid groups (broad SMARTS) is 1. The molecule has 1 aliphatic carbocycles. The lowest BCUT2D eigenvalue weighted by Crippen LogP contribution is -2.49. The van der Waals surface area contributed by atoms with Crippen LogP contribution in [-0.4, -0.2) is 66.0 Å². The summed E-state index contributed by atoms with van der Waals surface area (Å²) in [6.45, 7) is 5.02. The summed E-state index contributed by atoms with van der Waals surface area (Å²) in [5.41, 5.74) is -0.589. The summed E-state index contributed by atoms with van der Waals surface area (Å²) in [6.07, 6.45) is 3.02. The van der Waals surface area contributed by atoms with Gasteiger partial charge in [-0.25, -0.2) is 18.4 Å². The highest BCUT2D eigenvalue weighted by molar-refractivity contribution is 5.97. The second-order valence-corrected chi connectivity index (χ2v) is 13.1. The van der Waals surface area contributed by atoms with Crippen LogP contribution in [-0.2, 0) is 16.0 Å². The zero-order valence-electron chi connectivity index (χ0n) is 27.4. The van der Waals surface area contributed by atoms with E-state index < -0.39 is 58.8 Å². The van der Waals surface area contributed by atoms with E-state index in [1.54, 1.807) is 30.2 Å². The van der Waals surface area contributed by atoms with E-state index in [0.717, 1.165) is 24.5 Å².